The lowest BCUT2D eigenvalue weighted by atomic mass is 10.1. The third-order valence-electron chi connectivity index (χ3n) is 3.76. The molecule has 0 aliphatic heterocycles. The lowest BCUT2D eigenvalue weighted by molar-refractivity contribution is -0.115. The molecule has 2 aromatic heterocycles. The summed E-state index contributed by atoms with van der Waals surface area (Å²) < 4.78 is 5.43. The topological polar surface area (TPSA) is 70.9 Å². The summed E-state index contributed by atoms with van der Waals surface area (Å²) in [5.41, 5.74) is 4.24. The molecule has 0 aliphatic rings. The summed E-state index contributed by atoms with van der Waals surface area (Å²) in [5, 5.41) is 4.01. The number of hydrogen-bond acceptors (Lipinski definition) is 3. The van der Waals surface area contributed by atoms with Crippen molar-refractivity contribution in [3.63, 3.8) is 0 Å². The number of benzene rings is 2. The smallest absolute Gasteiger partial charge is 0.228 e. The molecule has 114 valence electrons. The van der Waals surface area contributed by atoms with Gasteiger partial charge in [-0.25, -0.2) is 4.98 Å². The quantitative estimate of drug-likeness (QED) is 0.605. The first-order valence-corrected chi connectivity index (χ1v) is 7.40. The summed E-state index contributed by atoms with van der Waals surface area (Å²) in [6.45, 7) is 1.80. The number of hydrogen-bond donors (Lipinski definition) is 2. The molecule has 4 aromatic rings. The van der Waals surface area contributed by atoms with Gasteiger partial charge < -0.3 is 14.7 Å². The zero-order valence-electron chi connectivity index (χ0n) is 12.6. The first-order chi connectivity index (χ1) is 11.2. The number of anilines is 1. The highest BCUT2D eigenvalue weighted by atomic mass is 16.3. The van der Waals surface area contributed by atoms with Gasteiger partial charge in [0.15, 0.2) is 11.5 Å². The van der Waals surface area contributed by atoms with Gasteiger partial charge in [0.25, 0.3) is 0 Å². The van der Waals surface area contributed by atoms with Gasteiger partial charge in [0.2, 0.25) is 5.91 Å². The molecule has 23 heavy (non-hydrogen) atoms. The van der Waals surface area contributed by atoms with Gasteiger partial charge in [-0.05, 0) is 47.3 Å². The van der Waals surface area contributed by atoms with Crippen LogP contribution in [0, 0.1) is 6.92 Å². The van der Waals surface area contributed by atoms with Gasteiger partial charge in [0.1, 0.15) is 5.52 Å². The molecular weight excluding hydrogens is 290 g/mol. The van der Waals surface area contributed by atoms with Crippen molar-refractivity contribution in [2.45, 2.75) is 13.3 Å². The van der Waals surface area contributed by atoms with E-state index in [4.69, 9.17) is 4.42 Å². The van der Waals surface area contributed by atoms with E-state index in [1.165, 1.54) is 0 Å². The van der Waals surface area contributed by atoms with Crippen LogP contribution in [0.3, 0.4) is 0 Å². The van der Waals surface area contributed by atoms with Crippen LogP contribution >= 0.6 is 0 Å². The fraction of sp³-hybridized carbons (Fsp3) is 0.111. The van der Waals surface area contributed by atoms with Crippen molar-refractivity contribution in [3.05, 3.63) is 60.1 Å². The molecule has 0 saturated heterocycles. The van der Waals surface area contributed by atoms with E-state index in [1.54, 1.807) is 6.92 Å². The molecule has 0 aliphatic carbocycles. The predicted octanol–water partition coefficient (Wildman–Crippen LogP) is 3.80. The minimum Gasteiger partial charge on any atom is -0.441 e. The van der Waals surface area contributed by atoms with E-state index >= 15 is 0 Å². The Labute approximate surface area is 132 Å². The molecule has 0 spiro atoms. The molecule has 2 aromatic carbocycles. The van der Waals surface area contributed by atoms with E-state index in [1.807, 2.05) is 48.7 Å². The molecule has 0 saturated carbocycles. The van der Waals surface area contributed by atoms with E-state index < -0.39 is 0 Å². The summed E-state index contributed by atoms with van der Waals surface area (Å²) in [7, 11) is 0. The summed E-state index contributed by atoms with van der Waals surface area (Å²) in [6.07, 6.45) is 2.22. The minimum atomic E-state index is -0.0561. The lowest BCUT2D eigenvalue weighted by Crippen LogP contribution is -2.14. The van der Waals surface area contributed by atoms with Crippen LogP contribution in [-0.2, 0) is 11.2 Å². The van der Waals surface area contributed by atoms with Gasteiger partial charge in [-0.1, -0.05) is 6.07 Å². The minimum absolute atomic E-state index is 0.0561. The Morgan fingerprint density at radius 2 is 2.13 bits per heavy atom. The van der Waals surface area contributed by atoms with Crippen molar-refractivity contribution in [2.75, 3.05) is 5.32 Å². The van der Waals surface area contributed by atoms with Crippen LogP contribution in [0.2, 0.25) is 0 Å². The number of aryl methyl sites for hydroxylation is 1. The summed E-state index contributed by atoms with van der Waals surface area (Å²) in [5.74, 6) is 0.558. The van der Waals surface area contributed by atoms with Crippen molar-refractivity contribution in [1.29, 1.82) is 0 Å². The Morgan fingerprint density at radius 3 is 3.04 bits per heavy atom. The Hall–Kier alpha value is -3.08. The molecule has 0 radical (unpaired) electrons. The zero-order valence-corrected chi connectivity index (χ0v) is 12.6. The maximum atomic E-state index is 12.2. The van der Waals surface area contributed by atoms with E-state index in [9.17, 15) is 4.79 Å². The van der Waals surface area contributed by atoms with Crippen molar-refractivity contribution in [2.24, 2.45) is 0 Å². The third kappa shape index (κ3) is 2.68. The van der Waals surface area contributed by atoms with Gasteiger partial charge in [-0.3, -0.25) is 4.79 Å². The van der Waals surface area contributed by atoms with Crippen molar-refractivity contribution < 1.29 is 9.21 Å². The predicted molar refractivity (Wildman–Crippen MR) is 89.4 cm³/mol. The molecule has 0 fully saturated rings. The second-order valence-corrected chi connectivity index (χ2v) is 5.54. The molecule has 0 bridgehead atoms. The highest BCUT2D eigenvalue weighted by Gasteiger charge is 2.08. The maximum absolute atomic E-state index is 12.2. The van der Waals surface area contributed by atoms with Crippen LogP contribution in [0.5, 0.6) is 0 Å². The molecule has 2 heterocycles. The number of aromatic nitrogens is 2. The number of nitrogens with zero attached hydrogens (tertiary/aromatic N) is 1. The van der Waals surface area contributed by atoms with Crippen LogP contribution in [0.1, 0.15) is 11.5 Å². The van der Waals surface area contributed by atoms with E-state index in [0.29, 0.717) is 12.3 Å². The Bertz CT molecular complexity index is 1010. The molecule has 0 unspecified atom stereocenters. The molecule has 5 nitrogen and oxygen atoms in total. The van der Waals surface area contributed by atoms with E-state index in [-0.39, 0.29) is 5.91 Å². The molecule has 0 atom stereocenters. The highest BCUT2D eigenvalue weighted by molar-refractivity contribution is 5.94. The number of carbonyl (C=O) groups is 1. The monoisotopic (exact) mass is 305 g/mol. The fourth-order valence-electron chi connectivity index (χ4n) is 2.72. The number of aromatic amines is 1. The second kappa shape index (κ2) is 5.28. The summed E-state index contributed by atoms with van der Waals surface area (Å²) in [4.78, 5) is 19.6. The van der Waals surface area contributed by atoms with Crippen molar-refractivity contribution >= 4 is 33.6 Å². The maximum Gasteiger partial charge on any atom is 0.228 e. The van der Waals surface area contributed by atoms with Crippen molar-refractivity contribution in [1.82, 2.24) is 9.97 Å². The first kappa shape index (κ1) is 13.6. The third-order valence-corrected chi connectivity index (χ3v) is 3.76. The molecule has 2 N–H and O–H groups in total. The van der Waals surface area contributed by atoms with Gasteiger partial charge in [0, 0.05) is 24.3 Å². The van der Waals surface area contributed by atoms with E-state index in [2.05, 4.69) is 15.3 Å². The summed E-state index contributed by atoms with van der Waals surface area (Å²) in [6, 6.07) is 13.4. The van der Waals surface area contributed by atoms with Gasteiger partial charge in [-0.2, -0.15) is 0 Å². The highest BCUT2D eigenvalue weighted by Crippen LogP contribution is 2.20. The molecular formula is C18H15N3O2. The zero-order chi connectivity index (χ0) is 15.8. The number of rotatable bonds is 3. The molecule has 5 heteroatoms. The SMILES string of the molecule is Cc1nc2cc(NC(=O)Cc3ccc4[nH]ccc4c3)ccc2o1. The normalized spacial score (nSPS) is 11.2. The standard InChI is InChI=1S/C18H15N3O2/c1-11-20-16-10-14(3-5-17(16)23-11)21-18(22)9-12-2-4-15-13(8-12)6-7-19-15/h2-8,10,19H,9H2,1H3,(H,21,22). The number of carbonyl (C=O) groups excluding carboxylic acids is 1. The van der Waals surface area contributed by atoms with Crippen LogP contribution in [0.25, 0.3) is 22.0 Å². The molecule has 1 amide bonds. The lowest BCUT2D eigenvalue weighted by Gasteiger charge is -2.05. The number of nitrogens with one attached hydrogen (secondary N) is 2. The fourth-order valence-corrected chi connectivity index (χ4v) is 2.72. The number of fused-ring (bicyclic) bond motifs is 2. The summed E-state index contributed by atoms with van der Waals surface area (Å²) >= 11 is 0. The van der Waals surface area contributed by atoms with Crippen LogP contribution in [0.4, 0.5) is 5.69 Å². The van der Waals surface area contributed by atoms with Gasteiger partial charge >= 0.3 is 0 Å². The Balaban J connectivity index is 1.51. The second-order valence-electron chi connectivity index (χ2n) is 5.54. The van der Waals surface area contributed by atoms with Gasteiger partial charge in [0.05, 0.1) is 6.42 Å². The number of amides is 1. The van der Waals surface area contributed by atoms with Crippen LogP contribution in [0.15, 0.2) is 53.1 Å². The Kier molecular flexibility index (Phi) is 3.12. The van der Waals surface area contributed by atoms with Crippen LogP contribution < -0.4 is 5.32 Å². The Morgan fingerprint density at radius 1 is 1.22 bits per heavy atom. The van der Waals surface area contributed by atoms with Crippen molar-refractivity contribution in [3.8, 4) is 0 Å². The van der Waals surface area contributed by atoms with Gasteiger partial charge in [-0.15, -0.1) is 0 Å². The number of H-pyrrole nitrogens is 1. The average Bonchev–Trinajstić information content (AvgIpc) is 3.11. The number of oxazole rings is 1. The average molecular weight is 305 g/mol. The van der Waals surface area contributed by atoms with E-state index in [0.717, 1.165) is 33.3 Å². The first-order valence-electron chi connectivity index (χ1n) is 7.40. The largest absolute Gasteiger partial charge is 0.441 e. The van der Waals surface area contributed by atoms with Crippen LogP contribution in [-0.4, -0.2) is 15.9 Å². The molecule has 4 rings (SSSR count).